The number of benzene rings is 2. The van der Waals surface area contributed by atoms with E-state index < -0.39 is 58.5 Å². The predicted octanol–water partition coefficient (Wildman–Crippen LogP) is -0.322. The lowest BCUT2D eigenvalue weighted by atomic mass is 10.1. The number of hydrogen-bond acceptors (Lipinski definition) is 15. The van der Waals surface area contributed by atoms with Gasteiger partial charge in [0.2, 0.25) is 11.9 Å². The van der Waals surface area contributed by atoms with Gasteiger partial charge in [-0.2, -0.15) is 9.97 Å². The molecule has 0 saturated carbocycles. The molecule has 2 aromatic carbocycles. The van der Waals surface area contributed by atoms with Crippen molar-refractivity contribution >= 4 is 51.1 Å². The molecule has 0 aliphatic carbocycles. The summed E-state index contributed by atoms with van der Waals surface area (Å²) in [6, 6.07) is 8.52. The summed E-state index contributed by atoms with van der Waals surface area (Å²) >= 11 is 0. The van der Waals surface area contributed by atoms with Crippen LogP contribution in [0.5, 0.6) is 5.75 Å². The molecule has 9 rings (SSSR count). The van der Waals surface area contributed by atoms with Crippen molar-refractivity contribution in [3.8, 4) is 5.75 Å². The number of hydrogen-bond donors (Lipinski definition) is 8. The van der Waals surface area contributed by atoms with Crippen LogP contribution in [0.2, 0.25) is 0 Å². The molecule has 1 aliphatic rings. The number of fused-ring (bicyclic) bond motifs is 3. The first-order valence-electron chi connectivity index (χ1n) is 17.2. The standard InChI is InChI=1S/C34H28F2N14O8/c35-16-6-15(5-4-13(16)7-48-11-40-26-22(48)30(55)47-34(56)43-26)41-33-42-25-21(29(54)46-33)49(10-39-25)8-14-2-1-3-17(19(14)36)57-9-18-23(51)24(52)31(58-18)50-12-38-20-27(50)44-32(37)45-28(20)53/h1-6,10-12,18,23-24,31,51-52H,7-9H2,(H3,37,44,45,53)(H2,41,42,46,54)(H2,43,47,55,56)/t18-,23-,24-,31+/m0/s1. The molecule has 22 nitrogen and oxygen atoms in total. The van der Waals surface area contributed by atoms with Crippen LogP contribution in [0, 0.1) is 11.6 Å². The lowest BCUT2D eigenvalue weighted by molar-refractivity contribution is -0.0478. The second-order valence-corrected chi connectivity index (χ2v) is 13.2. The molecule has 0 bridgehead atoms. The van der Waals surface area contributed by atoms with Crippen molar-refractivity contribution in [1.29, 1.82) is 0 Å². The Morgan fingerprint density at radius 3 is 2.45 bits per heavy atom. The number of nitrogen functional groups attached to an aromatic ring is 1. The van der Waals surface area contributed by atoms with E-state index in [0.717, 1.165) is 0 Å². The number of aromatic nitrogens is 12. The van der Waals surface area contributed by atoms with Gasteiger partial charge >= 0.3 is 5.69 Å². The summed E-state index contributed by atoms with van der Waals surface area (Å²) in [7, 11) is 0. The van der Waals surface area contributed by atoms with E-state index in [9.17, 15) is 29.4 Å². The van der Waals surface area contributed by atoms with Gasteiger partial charge in [0.25, 0.3) is 16.7 Å². The number of anilines is 3. The Balaban J connectivity index is 0.877. The first kappa shape index (κ1) is 36.1. The van der Waals surface area contributed by atoms with E-state index in [4.69, 9.17) is 15.2 Å². The maximum absolute atomic E-state index is 15.8. The number of aliphatic hydroxyl groups is 2. The molecule has 9 N–H and O–H groups in total. The lowest BCUT2D eigenvalue weighted by Gasteiger charge is -2.17. The van der Waals surface area contributed by atoms with Crippen molar-refractivity contribution in [2.24, 2.45) is 0 Å². The molecule has 6 aromatic heterocycles. The number of aromatic amines is 4. The SMILES string of the molecule is Nc1nc2c(ncn2[C@@H]2O[C@@H](COc3cccc(Cn4cnc5nc(Nc6ccc(Cn7cnc8[nH]c(=O)[nH]c(=O)c87)c(F)c6)[nH]c(=O)c54)c3F)[C@H](O)[C@@H]2O)c(=O)[nH]1. The average Bonchev–Trinajstić information content (AvgIpc) is 3.96. The number of nitrogens with two attached hydrogens (primary N) is 1. The Labute approximate surface area is 318 Å². The highest BCUT2D eigenvalue weighted by atomic mass is 19.1. The van der Waals surface area contributed by atoms with Gasteiger partial charge in [-0.25, -0.2) is 28.5 Å². The van der Waals surface area contributed by atoms with Gasteiger partial charge in [0.15, 0.2) is 51.3 Å². The van der Waals surface area contributed by atoms with Crippen LogP contribution in [-0.4, -0.2) is 93.7 Å². The quantitative estimate of drug-likeness (QED) is 0.0879. The summed E-state index contributed by atoms with van der Waals surface area (Å²) in [5, 5.41) is 24.3. The Bertz CT molecular complexity index is 3150. The highest BCUT2D eigenvalue weighted by Crippen LogP contribution is 2.32. The van der Waals surface area contributed by atoms with Gasteiger partial charge in [0.1, 0.15) is 30.7 Å². The van der Waals surface area contributed by atoms with E-state index in [1.807, 2.05) is 0 Å². The smallest absolute Gasteiger partial charge is 0.327 e. The number of halogens is 2. The topological polar surface area (TPSA) is 308 Å². The minimum absolute atomic E-state index is 0.0139. The molecule has 7 heterocycles. The average molecular weight is 799 g/mol. The van der Waals surface area contributed by atoms with E-state index in [1.54, 1.807) is 0 Å². The zero-order valence-corrected chi connectivity index (χ0v) is 29.4. The van der Waals surface area contributed by atoms with Crippen molar-refractivity contribution in [3.05, 3.63) is 120 Å². The number of H-pyrrole nitrogens is 4. The van der Waals surface area contributed by atoms with Gasteiger partial charge in [-0.3, -0.25) is 38.9 Å². The Morgan fingerprint density at radius 1 is 0.845 bits per heavy atom. The maximum Gasteiger partial charge on any atom is 0.327 e. The van der Waals surface area contributed by atoms with Crippen LogP contribution in [0.1, 0.15) is 17.4 Å². The summed E-state index contributed by atoms with van der Waals surface area (Å²) in [4.78, 5) is 79.2. The third-order valence-electron chi connectivity index (χ3n) is 9.50. The van der Waals surface area contributed by atoms with Gasteiger partial charge in [-0.05, 0) is 18.2 Å². The molecule has 8 aromatic rings. The van der Waals surface area contributed by atoms with Crippen LogP contribution in [0.25, 0.3) is 33.5 Å². The first-order chi connectivity index (χ1) is 27.9. The maximum atomic E-state index is 15.8. The van der Waals surface area contributed by atoms with Crippen LogP contribution in [0.3, 0.4) is 0 Å². The van der Waals surface area contributed by atoms with Crippen molar-refractivity contribution in [1.82, 2.24) is 58.6 Å². The van der Waals surface area contributed by atoms with E-state index in [1.165, 1.54) is 69.1 Å². The first-order valence-corrected chi connectivity index (χ1v) is 17.2. The molecular weight excluding hydrogens is 770 g/mol. The minimum atomic E-state index is -1.49. The summed E-state index contributed by atoms with van der Waals surface area (Å²) in [5.74, 6) is -1.86. The number of nitrogens with one attached hydrogen (secondary N) is 5. The van der Waals surface area contributed by atoms with Crippen LogP contribution >= 0.6 is 0 Å². The summed E-state index contributed by atoms with van der Waals surface area (Å²) < 4.78 is 46.5. The van der Waals surface area contributed by atoms with Gasteiger partial charge in [-0.15, -0.1) is 0 Å². The number of aliphatic hydroxyl groups excluding tert-OH is 2. The number of imidazole rings is 3. The van der Waals surface area contributed by atoms with Gasteiger partial charge in [0, 0.05) is 16.8 Å². The Kier molecular flexibility index (Phi) is 8.63. The second kappa shape index (κ2) is 13.9. The van der Waals surface area contributed by atoms with E-state index in [-0.39, 0.29) is 87.6 Å². The molecule has 1 aliphatic heterocycles. The molecule has 0 spiro atoms. The van der Waals surface area contributed by atoms with Crippen molar-refractivity contribution in [3.63, 3.8) is 0 Å². The fraction of sp³-hybridized carbons (Fsp3) is 0.206. The van der Waals surface area contributed by atoms with E-state index in [0.29, 0.717) is 0 Å². The Morgan fingerprint density at radius 2 is 1.62 bits per heavy atom. The van der Waals surface area contributed by atoms with Gasteiger partial charge in [-0.1, -0.05) is 18.2 Å². The van der Waals surface area contributed by atoms with E-state index in [2.05, 4.69) is 50.2 Å². The van der Waals surface area contributed by atoms with Gasteiger partial charge in [0.05, 0.1) is 32.1 Å². The van der Waals surface area contributed by atoms with Crippen LogP contribution in [0.4, 0.5) is 26.4 Å². The molecule has 4 atom stereocenters. The largest absolute Gasteiger partial charge is 0.488 e. The zero-order chi connectivity index (χ0) is 40.4. The highest BCUT2D eigenvalue weighted by Gasteiger charge is 2.45. The summed E-state index contributed by atoms with van der Waals surface area (Å²) in [6.45, 7) is -0.618. The highest BCUT2D eigenvalue weighted by molar-refractivity contribution is 5.73. The normalized spacial score (nSPS) is 18.1. The minimum Gasteiger partial charge on any atom is -0.488 e. The monoisotopic (exact) mass is 798 g/mol. The van der Waals surface area contributed by atoms with Crippen LogP contribution < -0.4 is 38.2 Å². The molecule has 24 heteroatoms. The summed E-state index contributed by atoms with van der Waals surface area (Å²) in [5.41, 5.74) is 3.71. The molecule has 58 heavy (non-hydrogen) atoms. The van der Waals surface area contributed by atoms with Crippen molar-refractivity contribution in [2.75, 3.05) is 17.7 Å². The third-order valence-corrected chi connectivity index (χ3v) is 9.50. The molecule has 0 unspecified atom stereocenters. The lowest BCUT2D eigenvalue weighted by Crippen LogP contribution is -2.34. The summed E-state index contributed by atoms with van der Waals surface area (Å²) in [6.07, 6.45) is -1.50. The van der Waals surface area contributed by atoms with Crippen molar-refractivity contribution in [2.45, 2.75) is 37.6 Å². The second-order valence-electron chi connectivity index (χ2n) is 13.2. The predicted molar refractivity (Wildman–Crippen MR) is 197 cm³/mol. The Hall–Kier alpha value is -7.57. The van der Waals surface area contributed by atoms with Gasteiger partial charge < -0.3 is 39.9 Å². The van der Waals surface area contributed by atoms with E-state index >= 15 is 8.78 Å². The van der Waals surface area contributed by atoms with Crippen LogP contribution in [0.15, 0.2) is 74.6 Å². The number of rotatable bonds is 10. The fourth-order valence-corrected chi connectivity index (χ4v) is 6.74. The molecule has 0 radical (unpaired) electrons. The van der Waals surface area contributed by atoms with Crippen molar-refractivity contribution < 1.29 is 28.5 Å². The molecule has 1 fully saturated rings. The van der Waals surface area contributed by atoms with Crippen LogP contribution in [-0.2, 0) is 17.8 Å². The fourth-order valence-electron chi connectivity index (χ4n) is 6.74. The third kappa shape index (κ3) is 6.31. The zero-order valence-electron chi connectivity index (χ0n) is 29.4. The molecule has 296 valence electrons. The molecule has 0 amide bonds. The number of ether oxygens (including phenoxy) is 2. The molecular formula is C34H28F2N14O8. The number of nitrogens with zero attached hydrogens (tertiary/aromatic N) is 8. The molecule has 1 saturated heterocycles.